The molecule has 1 saturated heterocycles. The summed E-state index contributed by atoms with van der Waals surface area (Å²) in [6.45, 7) is 7.39. The molecule has 3 heteroatoms. The van der Waals surface area contributed by atoms with Crippen molar-refractivity contribution in [3.05, 3.63) is 41.5 Å². The first-order valence-electron chi connectivity index (χ1n) is 5.13. The molecule has 1 aliphatic rings. The van der Waals surface area contributed by atoms with E-state index in [1.807, 2.05) is 32.0 Å². The van der Waals surface area contributed by atoms with E-state index in [4.69, 9.17) is 0 Å². The van der Waals surface area contributed by atoms with E-state index in [1.165, 1.54) is 4.90 Å². The highest BCUT2D eigenvalue weighted by molar-refractivity contribution is 6.28. The van der Waals surface area contributed by atoms with Gasteiger partial charge in [0.05, 0.1) is 12.1 Å². The average molecular weight is 215 g/mol. The lowest BCUT2D eigenvalue weighted by Gasteiger charge is -2.18. The maximum absolute atomic E-state index is 11.8. The highest BCUT2D eigenvalue weighted by atomic mass is 16.2. The van der Waals surface area contributed by atoms with Crippen LogP contribution in [0.2, 0.25) is 0 Å². The van der Waals surface area contributed by atoms with Crippen molar-refractivity contribution in [1.29, 1.82) is 0 Å². The summed E-state index contributed by atoms with van der Waals surface area (Å²) in [6, 6.07) is 5.70. The van der Waals surface area contributed by atoms with Gasteiger partial charge in [-0.05, 0) is 25.0 Å². The zero-order valence-corrected chi connectivity index (χ0v) is 9.41. The molecule has 1 aliphatic heterocycles. The molecule has 1 fully saturated rings. The number of aryl methyl sites for hydroxylation is 2. The van der Waals surface area contributed by atoms with Gasteiger partial charge < -0.3 is 0 Å². The van der Waals surface area contributed by atoms with E-state index in [2.05, 4.69) is 6.58 Å². The van der Waals surface area contributed by atoms with Crippen molar-refractivity contribution in [2.24, 2.45) is 0 Å². The van der Waals surface area contributed by atoms with Crippen LogP contribution in [0.15, 0.2) is 30.4 Å². The Morgan fingerprint density at radius 3 is 2.19 bits per heavy atom. The molecule has 1 aromatic rings. The first-order valence-corrected chi connectivity index (χ1v) is 5.13. The van der Waals surface area contributed by atoms with Crippen LogP contribution in [0.5, 0.6) is 0 Å². The molecule has 0 N–H and O–H groups in total. The van der Waals surface area contributed by atoms with Crippen molar-refractivity contribution in [3.63, 3.8) is 0 Å². The van der Waals surface area contributed by atoms with Gasteiger partial charge in [-0.2, -0.15) is 0 Å². The number of hydrogen-bond donors (Lipinski definition) is 0. The van der Waals surface area contributed by atoms with Gasteiger partial charge in [-0.3, -0.25) is 9.59 Å². The summed E-state index contributed by atoms with van der Waals surface area (Å²) in [5.74, 6) is -0.463. The van der Waals surface area contributed by atoms with Gasteiger partial charge in [0, 0.05) is 5.57 Å². The van der Waals surface area contributed by atoms with Crippen LogP contribution in [0, 0.1) is 13.8 Å². The molecular weight excluding hydrogens is 202 g/mol. The van der Waals surface area contributed by atoms with E-state index in [-0.39, 0.29) is 18.2 Å². The van der Waals surface area contributed by atoms with Gasteiger partial charge in [-0.25, -0.2) is 4.90 Å². The van der Waals surface area contributed by atoms with Crippen LogP contribution in [0.1, 0.15) is 17.5 Å². The molecule has 0 bridgehead atoms. The van der Waals surface area contributed by atoms with E-state index in [9.17, 15) is 9.59 Å². The minimum Gasteiger partial charge on any atom is -0.274 e. The zero-order chi connectivity index (χ0) is 11.9. The Bertz CT molecular complexity index is 482. The second-order valence-corrected chi connectivity index (χ2v) is 4.06. The molecule has 1 aromatic carbocycles. The average Bonchev–Trinajstić information content (AvgIpc) is 2.44. The summed E-state index contributed by atoms with van der Waals surface area (Å²) in [5, 5.41) is 0. The van der Waals surface area contributed by atoms with Crippen LogP contribution in [0.25, 0.3) is 0 Å². The van der Waals surface area contributed by atoms with E-state index in [0.717, 1.165) is 11.1 Å². The number of para-hydroxylation sites is 1. The van der Waals surface area contributed by atoms with Crippen LogP contribution < -0.4 is 4.90 Å². The van der Waals surface area contributed by atoms with Crippen molar-refractivity contribution in [2.45, 2.75) is 20.3 Å². The highest BCUT2D eigenvalue weighted by Crippen LogP contribution is 2.30. The number of benzene rings is 1. The van der Waals surface area contributed by atoms with Crippen molar-refractivity contribution in [1.82, 2.24) is 0 Å². The summed E-state index contributed by atoms with van der Waals surface area (Å²) in [5.41, 5.74) is 2.93. The number of hydrogen-bond acceptors (Lipinski definition) is 2. The maximum Gasteiger partial charge on any atom is 0.260 e. The van der Waals surface area contributed by atoms with Crippen LogP contribution in [-0.4, -0.2) is 11.8 Å². The Morgan fingerprint density at radius 2 is 1.75 bits per heavy atom. The van der Waals surface area contributed by atoms with Gasteiger partial charge in [0.15, 0.2) is 0 Å². The Morgan fingerprint density at radius 1 is 1.19 bits per heavy atom. The summed E-state index contributed by atoms with van der Waals surface area (Å²) in [7, 11) is 0. The Hall–Kier alpha value is -1.90. The van der Waals surface area contributed by atoms with Gasteiger partial charge in [0.2, 0.25) is 5.91 Å². The monoisotopic (exact) mass is 215 g/mol. The SMILES string of the molecule is C=C1CC(=O)N(c2c(C)cccc2C)C1=O. The number of carbonyl (C=O) groups is 2. The third kappa shape index (κ3) is 1.45. The number of carbonyl (C=O) groups excluding carboxylic acids is 2. The molecule has 0 spiro atoms. The topological polar surface area (TPSA) is 37.4 Å². The first-order chi connectivity index (χ1) is 7.52. The lowest BCUT2D eigenvalue weighted by Crippen LogP contribution is -2.30. The summed E-state index contributed by atoms with van der Waals surface area (Å²) >= 11 is 0. The van der Waals surface area contributed by atoms with Crippen molar-refractivity contribution < 1.29 is 9.59 Å². The molecule has 1 heterocycles. The predicted molar refractivity (Wildman–Crippen MR) is 62.2 cm³/mol. The number of amides is 2. The Labute approximate surface area is 94.4 Å². The van der Waals surface area contributed by atoms with E-state index < -0.39 is 0 Å². The molecule has 0 atom stereocenters. The number of imide groups is 1. The minimum absolute atomic E-state index is 0.132. The molecule has 16 heavy (non-hydrogen) atoms. The fraction of sp³-hybridized carbons (Fsp3) is 0.231. The Kier molecular flexibility index (Phi) is 2.38. The molecule has 0 aromatic heterocycles. The van der Waals surface area contributed by atoms with Crippen LogP contribution in [0.3, 0.4) is 0 Å². The fourth-order valence-electron chi connectivity index (χ4n) is 1.99. The third-order valence-corrected chi connectivity index (χ3v) is 2.78. The minimum atomic E-state index is -0.276. The molecule has 2 rings (SSSR count). The largest absolute Gasteiger partial charge is 0.274 e. The molecule has 0 aliphatic carbocycles. The zero-order valence-electron chi connectivity index (χ0n) is 9.41. The summed E-state index contributed by atoms with van der Waals surface area (Å²) < 4.78 is 0. The van der Waals surface area contributed by atoms with Crippen LogP contribution >= 0.6 is 0 Å². The summed E-state index contributed by atoms with van der Waals surface area (Å²) in [4.78, 5) is 24.8. The van der Waals surface area contributed by atoms with Crippen molar-refractivity contribution >= 4 is 17.5 Å². The second-order valence-electron chi connectivity index (χ2n) is 4.06. The van der Waals surface area contributed by atoms with Gasteiger partial charge >= 0.3 is 0 Å². The van der Waals surface area contributed by atoms with Crippen molar-refractivity contribution in [3.8, 4) is 0 Å². The molecule has 2 amide bonds. The van der Waals surface area contributed by atoms with Gasteiger partial charge in [-0.1, -0.05) is 24.8 Å². The standard InChI is InChI=1S/C13H13NO2/c1-8-5-4-6-9(2)12(8)14-11(15)7-10(3)13(14)16/h4-6H,3,7H2,1-2H3. The lowest BCUT2D eigenvalue weighted by molar-refractivity contribution is -0.120. The third-order valence-electron chi connectivity index (χ3n) is 2.78. The van der Waals surface area contributed by atoms with Gasteiger partial charge in [0.25, 0.3) is 5.91 Å². The molecule has 0 radical (unpaired) electrons. The van der Waals surface area contributed by atoms with E-state index >= 15 is 0 Å². The lowest BCUT2D eigenvalue weighted by atomic mass is 10.1. The van der Waals surface area contributed by atoms with Crippen LogP contribution in [-0.2, 0) is 9.59 Å². The number of nitrogens with zero attached hydrogens (tertiary/aromatic N) is 1. The van der Waals surface area contributed by atoms with Gasteiger partial charge in [-0.15, -0.1) is 0 Å². The fourth-order valence-corrected chi connectivity index (χ4v) is 1.99. The molecule has 82 valence electrons. The quantitative estimate of drug-likeness (QED) is 0.531. The number of anilines is 1. The highest BCUT2D eigenvalue weighted by Gasteiger charge is 2.35. The smallest absolute Gasteiger partial charge is 0.260 e. The van der Waals surface area contributed by atoms with Crippen molar-refractivity contribution in [2.75, 3.05) is 4.90 Å². The van der Waals surface area contributed by atoms with Gasteiger partial charge in [0.1, 0.15) is 0 Å². The summed E-state index contributed by atoms with van der Waals surface area (Å²) in [6.07, 6.45) is 0.132. The second kappa shape index (κ2) is 3.59. The maximum atomic E-state index is 11.8. The number of rotatable bonds is 1. The van der Waals surface area contributed by atoms with E-state index in [0.29, 0.717) is 11.3 Å². The normalized spacial score (nSPS) is 16.1. The Balaban J connectivity index is 2.57. The molecule has 0 saturated carbocycles. The molecule has 0 unspecified atom stereocenters. The first kappa shape index (κ1) is 10.6. The van der Waals surface area contributed by atoms with E-state index in [1.54, 1.807) is 0 Å². The van der Waals surface area contributed by atoms with Crippen LogP contribution in [0.4, 0.5) is 5.69 Å². The predicted octanol–water partition coefficient (Wildman–Crippen LogP) is 2.12. The molecular formula is C13H13NO2. The molecule has 3 nitrogen and oxygen atoms in total.